The molecule has 7 atom stereocenters. The van der Waals surface area contributed by atoms with Crippen molar-refractivity contribution >= 4 is 52.2 Å². The highest BCUT2D eigenvalue weighted by Crippen LogP contribution is 2.68. The van der Waals surface area contributed by atoms with Crippen molar-refractivity contribution in [2.24, 2.45) is 29.6 Å². The molecule has 3 fully saturated rings. The van der Waals surface area contributed by atoms with Gasteiger partial charge in [0.05, 0.1) is 29.7 Å². The lowest BCUT2D eigenvalue weighted by Gasteiger charge is -2.43. The van der Waals surface area contributed by atoms with Gasteiger partial charge >= 0.3 is 4.87 Å². The predicted molar refractivity (Wildman–Crippen MR) is 176 cm³/mol. The quantitative estimate of drug-likeness (QED) is 0.246. The van der Waals surface area contributed by atoms with Crippen LogP contribution >= 0.6 is 23.1 Å². The van der Waals surface area contributed by atoms with Gasteiger partial charge in [-0.1, -0.05) is 35.1 Å². The normalized spacial score (nSPS) is 27.0. The van der Waals surface area contributed by atoms with E-state index >= 15 is 0 Å². The Labute approximate surface area is 277 Å². The molecule has 8 rings (SSSR count). The molecule has 47 heavy (non-hydrogen) atoms. The molecule has 2 aliphatic heterocycles. The standard InChI is InChI=1S/C35H30FN3O6S2/c1-16-3-10-20(11-4-16)39-33(41)28-21-14-22(29(28)34(39)42)30-27(21)26(31-32(46-30)38-35(43)47-31)17-5-12-23(24(13-17)44-2)45-15-25(40)37-19-8-6-18(36)7-9-19/h3-13,21-22,26-30H,14-15H2,1-2H3,(H,37,40)(H,38,43)/t21?,22?,26-,27?,28?,29?,30?/m1/s1. The predicted octanol–water partition coefficient (Wildman–Crippen LogP) is 5.59. The van der Waals surface area contributed by atoms with Crippen LogP contribution in [0.3, 0.4) is 0 Å². The number of carbonyl (C=O) groups is 3. The Bertz CT molecular complexity index is 1980. The van der Waals surface area contributed by atoms with E-state index in [1.807, 2.05) is 43.3 Å². The van der Waals surface area contributed by atoms with Gasteiger partial charge in [-0.2, -0.15) is 0 Å². The number of hydrogen-bond acceptors (Lipinski definition) is 8. The van der Waals surface area contributed by atoms with Gasteiger partial charge < -0.3 is 19.8 Å². The molecule has 0 radical (unpaired) electrons. The van der Waals surface area contributed by atoms with Gasteiger partial charge in [0, 0.05) is 21.7 Å². The third-order valence-corrected chi connectivity index (χ3v) is 12.6. The third-order valence-electron chi connectivity index (χ3n) is 10.0. The minimum Gasteiger partial charge on any atom is -0.493 e. The Kier molecular flexibility index (Phi) is 7.25. The molecule has 1 aromatic heterocycles. The maximum absolute atomic E-state index is 14.0. The minimum atomic E-state index is -0.413. The Balaban J connectivity index is 1.09. The molecule has 2 bridgehead atoms. The van der Waals surface area contributed by atoms with Gasteiger partial charge in [0.15, 0.2) is 18.1 Å². The van der Waals surface area contributed by atoms with E-state index < -0.39 is 17.6 Å². The highest BCUT2D eigenvalue weighted by molar-refractivity contribution is 8.00. The number of rotatable bonds is 7. The van der Waals surface area contributed by atoms with Gasteiger partial charge in [-0.25, -0.2) is 4.39 Å². The molecule has 3 amide bonds. The number of thiazole rings is 1. The number of ether oxygens (including phenoxy) is 2. The first kappa shape index (κ1) is 29.9. The van der Waals surface area contributed by atoms with E-state index in [-0.39, 0.29) is 58.1 Å². The van der Waals surface area contributed by atoms with Crippen molar-refractivity contribution < 1.29 is 28.2 Å². The highest BCUT2D eigenvalue weighted by Gasteiger charge is 2.69. The number of H-pyrrole nitrogens is 1. The first-order chi connectivity index (χ1) is 22.7. The second-order valence-electron chi connectivity index (χ2n) is 12.6. The zero-order chi connectivity index (χ0) is 32.6. The van der Waals surface area contributed by atoms with Crippen LogP contribution in [0.2, 0.25) is 0 Å². The molecule has 12 heteroatoms. The molecular weight excluding hydrogens is 642 g/mol. The summed E-state index contributed by atoms with van der Waals surface area (Å²) in [6.45, 7) is 1.68. The summed E-state index contributed by atoms with van der Waals surface area (Å²) in [5.74, 6) is -1.24. The molecule has 240 valence electrons. The number of methoxy groups -OCH3 is 1. The number of benzene rings is 3. The fourth-order valence-corrected chi connectivity index (χ4v) is 11.1. The number of hydrogen-bond donors (Lipinski definition) is 2. The number of fused-ring (bicyclic) bond motifs is 9. The number of aromatic nitrogens is 1. The fraction of sp³-hybridized carbons (Fsp3) is 0.314. The lowest BCUT2D eigenvalue weighted by molar-refractivity contribution is -0.123. The van der Waals surface area contributed by atoms with Crippen LogP contribution in [0.15, 0.2) is 76.6 Å². The SMILES string of the molecule is COc1cc([C@H]2c3sc(=O)[nH]c3SC3C4CC(C5C(=O)N(c6ccc(C)cc6)C(=O)C45)C32)ccc1OCC(=O)Nc1ccc(F)cc1. The van der Waals surface area contributed by atoms with Crippen LogP contribution in [0, 0.1) is 42.3 Å². The molecule has 3 heterocycles. The minimum absolute atomic E-state index is 0.00933. The molecule has 2 N–H and O–H groups in total. The summed E-state index contributed by atoms with van der Waals surface area (Å²) in [7, 11) is 1.52. The van der Waals surface area contributed by atoms with Crippen LogP contribution in [0.25, 0.3) is 0 Å². The summed E-state index contributed by atoms with van der Waals surface area (Å²) < 4.78 is 24.8. The molecule has 4 aliphatic rings. The van der Waals surface area contributed by atoms with Crippen LogP contribution in [0.5, 0.6) is 11.5 Å². The Morgan fingerprint density at radius 3 is 2.43 bits per heavy atom. The van der Waals surface area contributed by atoms with Gasteiger partial charge in [0.1, 0.15) is 5.82 Å². The molecular formula is C35H30FN3O6S2. The number of aromatic amines is 1. The second-order valence-corrected chi connectivity index (χ2v) is 14.8. The van der Waals surface area contributed by atoms with Crippen molar-refractivity contribution in [1.82, 2.24) is 4.98 Å². The average molecular weight is 672 g/mol. The van der Waals surface area contributed by atoms with E-state index in [0.717, 1.165) is 27.5 Å². The molecule has 4 aromatic rings. The molecule has 2 aliphatic carbocycles. The van der Waals surface area contributed by atoms with Crippen molar-refractivity contribution in [2.45, 2.75) is 29.5 Å². The molecule has 6 unspecified atom stereocenters. The van der Waals surface area contributed by atoms with Crippen molar-refractivity contribution in [3.05, 3.63) is 98.2 Å². The molecule has 3 aromatic carbocycles. The topological polar surface area (TPSA) is 118 Å². The highest BCUT2D eigenvalue weighted by atomic mass is 32.2. The summed E-state index contributed by atoms with van der Waals surface area (Å²) in [4.78, 5) is 58.3. The fourth-order valence-electron chi connectivity index (χ4n) is 8.21. The smallest absolute Gasteiger partial charge is 0.305 e. The Hall–Kier alpha value is -4.42. The number of anilines is 2. The molecule has 2 saturated carbocycles. The van der Waals surface area contributed by atoms with Crippen molar-refractivity contribution in [1.29, 1.82) is 0 Å². The summed E-state index contributed by atoms with van der Waals surface area (Å²) in [5, 5.41) is 3.54. The average Bonchev–Trinajstić information content (AvgIpc) is 3.80. The maximum atomic E-state index is 14.0. The van der Waals surface area contributed by atoms with Crippen LogP contribution < -0.4 is 24.6 Å². The number of amides is 3. The monoisotopic (exact) mass is 671 g/mol. The van der Waals surface area contributed by atoms with E-state index in [0.29, 0.717) is 22.9 Å². The lowest BCUT2D eigenvalue weighted by atomic mass is 9.68. The van der Waals surface area contributed by atoms with Crippen LogP contribution in [-0.2, 0) is 14.4 Å². The van der Waals surface area contributed by atoms with Gasteiger partial charge in [0.25, 0.3) is 5.91 Å². The Morgan fingerprint density at radius 1 is 0.979 bits per heavy atom. The van der Waals surface area contributed by atoms with Gasteiger partial charge in [-0.3, -0.25) is 24.1 Å². The first-order valence-corrected chi connectivity index (χ1v) is 17.1. The van der Waals surface area contributed by atoms with E-state index in [2.05, 4.69) is 10.3 Å². The summed E-state index contributed by atoms with van der Waals surface area (Å²) >= 11 is 2.82. The maximum Gasteiger partial charge on any atom is 0.305 e. The van der Waals surface area contributed by atoms with E-state index in [4.69, 9.17) is 9.47 Å². The van der Waals surface area contributed by atoms with Gasteiger partial charge in [-0.15, -0.1) is 11.8 Å². The van der Waals surface area contributed by atoms with Crippen molar-refractivity contribution in [3.8, 4) is 11.5 Å². The number of halogens is 1. The zero-order valence-electron chi connectivity index (χ0n) is 25.4. The second kappa shape index (κ2) is 11.4. The number of thioether (sulfide) groups is 1. The van der Waals surface area contributed by atoms with E-state index in [1.54, 1.807) is 17.8 Å². The number of aryl methyl sites for hydroxylation is 1. The summed E-state index contributed by atoms with van der Waals surface area (Å²) in [6.07, 6.45) is 0.786. The Morgan fingerprint density at radius 2 is 1.70 bits per heavy atom. The first-order valence-electron chi connectivity index (χ1n) is 15.4. The summed E-state index contributed by atoms with van der Waals surface area (Å²) in [5.41, 5.74) is 3.03. The van der Waals surface area contributed by atoms with Crippen molar-refractivity contribution in [3.63, 3.8) is 0 Å². The summed E-state index contributed by atoms with van der Waals surface area (Å²) in [6, 6.07) is 18.5. The largest absolute Gasteiger partial charge is 0.493 e. The molecule has 1 saturated heterocycles. The molecule has 0 spiro atoms. The van der Waals surface area contributed by atoms with Gasteiger partial charge in [-0.05, 0) is 85.2 Å². The van der Waals surface area contributed by atoms with Crippen molar-refractivity contribution in [2.75, 3.05) is 23.9 Å². The number of carbonyl (C=O) groups excluding carboxylic acids is 3. The van der Waals surface area contributed by atoms with E-state index in [1.165, 1.54) is 47.6 Å². The lowest BCUT2D eigenvalue weighted by Crippen LogP contribution is -2.42. The zero-order valence-corrected chi connectivity index (χ0v) is 27.0. The van der Waals surface area contributed by atoms with Crippen LogP contribution in [0.1, 0.15) is 28.3 Å². The molecule has 9 nitrogen and oxygen atoms in total. The van der Waals surface area contributed by atoms with E-state index in [9.17, 15) is 23.6 Å². The number of nitrogens with zero attached hydrogens (tertiary/aromatic N) is 1. The van der Waals surface area contributed by atoms with Gasteiger partial charge in [0.2, 0.25) is 11.8 Å². The number of nitrogens with one attached hydrogen (secondary N) is 2. The van der Waals surface area contributed by atoms with Crippen LogP contribution in [-0.4, -0.2) is 41.7 Å². The number of imide groups is 1. The third kappa shape index (κ3) is 4.88. The van der Waals surface area contributed by atoms with Crippen LogP contribution in [0.4, 0.5) is 15.8 Å².